The molecule has 1 amide bonds. The molecule has 1 saturated heterocycles. The zero-order valence-corrected chi connectivity index (χ0v) is 14.8. The summed E-state index contributed by atoms with van der Waals surface area (Å²) in [5.74, 6) is -0.0375. The number of nitrogens with zero attached hydrogens (tertiary/aromatic N) is 4. The van der Waals surface area contributed by atoms with Gasteiger partial charge in [-0.2, -0.15) is 0 Å². The Morgan fingerprint density at radius 2 is 2.04 bits per heavy atom. The Kier molecular flexibility index (Phi) is 5.45. The van der Waals surface area contributed by atoms with Crippen molar-refractivity contribution >= 4 is 11.6 Å². The largest absolute Gasteiger partial charge is 0.351 e. The number of hydrogen-bond acceptors (Lipinski definition) is 5. The molecule has 0 saturated carbocycles. The maximum absolute atomic E-state index is 12.4. The van der Waals surface area contributed by atoms with E-state index in [1.54, 1.807) is 18.3 Å². The number of aromatic nitrogens is 2. The minimum Gasteiger partial charge on any atom is -0.351 e. The fourth-order valence-corrected chi connectivity index (χ4v) is 3.08. The maximum atomic E-state index is 12.4. The van der Waals surface area contributed by atoms with Crippen molar-refractivity contribution in [3.8, 4) is 0 Å². The van der Waals surface area contributed by atoms with Gasteiger partial charge >= 0.3 is 0 Å². The van der Waals surface area contributed by atoms with Crippen LogP contribution in [0.1, 0.15) is 17.3 Å². The Bertz CT molecular complexity index is 795. The molecule has 0 radical (unpaired) electrons. The quantitative estimate of drug-likeness (QED) is 0.846. The van der Waals surface area contributed by atoms with Gasteiger partial charge in [-0.15, -0.1) is 0 Å². The van der Waals surface area contributed by atoms with Gasteiger partial charge in [-0.05, 0) is 25.1 Å². The first kappa shape index (κ1) is 17.6. The molecule has 3 rings (SSSR count). The van der Waals surface area contributed by atoms with Crippen molar-refractivity contribution in [2.24, 2.45) is 5.92 Å². The number of hydrogen-bond donors (Lipinski definition) is 1. The molecular formula is C18H25N5O2. The van der Waals surface area contributed by atoms with Crippen LogP contribution in [0.4, 0.5) is 0 Å². The second kappa shape index (κ2) is 7.76. The van der Waals surface area contributed by atoms with Crippen LogP contribution in [-0.2, 0) is 0 Å². The van der Waals surface area contributed by atoms with Gasteiger partial charge in [0.2, 0.25) is 0 Å². The number of nitrogens with one attached hydrogen (secondary N) is 1. The zero-order valence-electron chi connectivity index (χ0n) is 14.8. The molecule has 134 valence electrons. The van der Waals surface area contributed by atoms with E-state index in [2.05, 4.69) is 34.1 Å². The molecule has 1 aliphatic rings. The summed E-state index contributed by atoms with van der Waals surface area (Å²) in [5.41, 5.74) is 0.276. The summed E-state index contributed by atoms with van der Waals surface area (Å²) in [5, 5.41) is 2.87. The summed E-state index contributed by atoms with van der Waals surface area (Å²) >= 11 is 0. The number of amides is 1. The fraction of sp³-hybridized carbons (Fsp3) is 0.500. The summed E-state index contributed by atoms with van der Waals surface area (Å²) in [6.45, 7) is 7.89. The highest BCUT2D eigenvalue weighted by atomic mass is 16.2. The zero-order chi connectivity index (χ0) is 17.8. The Labute approximate surface area is 147 Å². The Hall–Kier alpha value is -2.25. The molecule has 0 bridgehead atoms. The minimum absolute atomic E-state index is 0.0792. The van der Waals surface area contributed by atoms with Crippen LogP contribution in [0.25, 0.3) is 5.65 Å². The molecule has 0 unspecified atom stereocenters. The monoisotopic (exact) mass is 343 g/mol. The molecule has 1 fully saturated rings. The van der Waals surface area contributed by atoms with E-state index in [0.717, 1.165) is 32.7 Å². The van der Waals surface area contributed by atoms with E-state index in [-0.39, 0.29) is 17.0 Å². The molecule has 0 aliphatic carbocycles. The lowest BCUT2D eigenvalue weighted by atomic mass is 10.1. The molecule has 3 heterocycles. The number of carbonyl (C=O) groups is 1. The third kappa shape index (κ3) is 4.24. The molecule has 25 heavy (non-hydrogen) atoms. The van der Waals surface area contributed by atoms with Crippen molar-refractivity contribution in [1.29, 1.82) is 0 Å². The third-order valence-electron chi connectivity index (χ3n) is 4.63. The smallest absolute Gasteiger partial charge is 0.270 e. The first-order valence-corrected chi connectivity index (χ1v) is 8.70. The lowest BCUT2D eigenvalue weighted by Gasteiger charge is -2.33. The van der Waals surface area contributed by atoms with Gasteiger partial charge in [0.15, 0.2) is 0 Å². The van der Waals surface area contributed by atoms with E-state index < -0.39 is 0 Å². The normalized spacial score (nSPS) is 17.5. The van der Waals surface area contributed by atoms with E-state index in [1.807, 2.05) is 6.07 Å². The summed E-state index contributed by atoms with van der Waals surface area (Å²) in [6, 6.07) is 5.29. The summed E-state index contributed by atoms with van der Waals surface area (Å²) in [6.07, 6.45) is 2.98. The van der Waals surface area contributed by atoms with E-state index in [0.29, 0.717) is 18.1 Å². The van der Waals surface area contributed by atoms with E-state index >= 15 is 0 Å². The van der Waals surface area contributed by atoms with Gasteiger partial charge < -0.3 is 15.1 Å². The van der Waals surface area contributed by atoms with E-state index in [1.165, 1.54) is 10.6 Å². The van der Waals surface area contributed by atoms with Crippen molar-refractivity contribution in [3.63, 3.8) is 0 Å². The number of pyridine rings is 1. The van der Waals surface area contributed by atoms with Crippen molar-refractivity contribution in [2.75, 3.05) is 46.3 Å². The second-order valence-corrected chi connectivity index (χ2v) is 6.82. The highest BCUT2D eigenvalue weighted by Gasteiger charge is 2.18. The minimum atomic E-state index is -0.360. The number of rotatable bonds is 5. The summed E-state index contributed by atoms with van der Waals surface area (Å²) in [4.78, 5) is 33.7. The Morgan fingerprint density at radius 1 is 1.28 bits per heavy atom. The molecule has 1 aliphatic heterocycles. The van der Waals surface area contributed by atoms with Gasteiger partial charge in [0.1, 0.15) is 11.2 Å². The molecule has 1 atom stereocenters. The molecule has 2 aromatic rings. The van der Waals surface area contributed by atoms with Gasteiger partial charge in [0, 0.05) is 51.7 Å². The van der Waals surface area contributed by atoms with Crippen LogP contribution >= 0.6 is 0 Å². The number of carbonyl (C=O) groups excluding carboxylic acids is 1. The van der Waals surface area contributed by atoms with Crippen LogP contribution in [0.2, 0.25) is 0 Å². The summed E-state index contributed by atoms with van der Waals surface area (Å²) in [7, 11) is 2.14. The lowest BCUT2D eigenvalue weighted by molar-refractivity contribution is 0.0935. The van der Waals surface area contributed by atoms with Gasteiger partial charge in [0.05, 0.1) is 0 Å². The Balaban J connectivity index is 1.57. The van der Waals surface area contributed by atoms with Gasteiger partial charge in [0.25, 0.3) is 11.5 Å². The molecule has 0 aromatic carbocycles. The van der Waals surface area contributed by atoms with Crippen molar-refractivity contribution < 1.29 is 4.79 Å². The van der Waals surface area contributed by atoms with Crippen LogP contribution in [0.15, 0.2) is 35.4 Å². The average Bonchev–Trinajstić information content (AvgIpc) is 2.62. The highest BCUT2D eigenvalue weighted by molar-refractivity contribution is 5.93. The van der Waals surface area contributed by atoms with Crippen molar-refractivity contribution in [1.82, 2.24) is 24.5 Å². The number of piperazine rings is 1. The number of fused-ring (bicyclic) bond motifs is 1. The van der Waals surface area contributed by atoms with Crippen molar-refractivity contribution in [3.05, 3.63) is 46.5 Å². The Morgan fingerprint density at radius 3 is 2.80 bits per heavy atom. The van der Waals surface area contributed by atoms with Crippen LogP contribution in [0, 0.1) is 5.92 Å². The standard InChI is InChI=1S/C18H25N5O2/c1-14(13-22-9-7-21(2)8-10-22)11-20-17(24)15-12-19-16-5-3-4-6-23(16)18(15)25/h3-6,12,14H,7-11,13H2,1-2H3,(H,20,24)/t14-/m1/s1. The first-order chi connectivity index (χ1) is 12.0. The van der Waals surface area contributed by atoms with E-state index in [9.17, 15) is 9.59 Å². The predicted octanol–water partition coefficient (Wildman–Crippen LogP) is 0.308. The predicted molar refractivity (Wildman–Crippen MR) is 96.9 cm³/mol. The topological polar surface area (TPSA) is 70.0 Å². The SMILES string of the molecule is C[C@H](CNC(=O)c1cnc2ccccn2c1=O)CN1CCN(C)CC1. The maximum Gasteiger partial charge on any atom is 0.270 e. The average molecular weight is 343 g/mol. The van der Waals surface area contributed by atoms with Crippen LogP contribution < -0.4 is 10.9 Å². The van der Waals surface area contributed by atoms with E-state index in [4.69, 9.17) is 0 Å². The third-order valence-corrected chi connectivity index (χ3v) is 4.63. The van der Waals surface area contributed by atoms with Gasteiger partial charge in [-0.3, -0.25) is 14.0 Å². The molecular weight excluding hydrogens is 318 g/mol. The molecule has 7 nitrogen and oxygen atoms in total. The van der Waals surface area contributed by atoms with Crippen molar-refractivity contribution in [2.45, 2.75) is 6.92 Å². The van der Waals surface area contributed by atoms with Gasteiger partial charge in [-0.25, -0.2) is 4.98 Å². The van der Waals surface area contributed by atoms with Crippen LogP contribution in [-0.4, -0.2) is 71.4 Å². The first-order valence-electron chi connectivity index (χ1n) is 8.70. The molecule has 2 aromatic heterocycles. The van der Waals surface area contributed by atoms with Crippen LogP contribution in [0.5, 0.6) is 0 Å². The summed E-state index contributed by atoms with van der Waals surface area (Å²) < 4.78 is 1.39. The second-order valence-electron chi connectivity index (χ2n) is 6.82. The molecule has 0 spiro atoms. The number of likely N-dealkylation sites (N-methyl/N-ethyl adjacent to an activating group) is 1. The molecule has 7 heteroatoms. The lowest BCUT2D eigenvalue weighted by Crippen LogP contribution is -2.47. The van der Waals surface area contributed by atoms with Gasteiger partial charge in [-0.1, -0.05) is 13.0 Å². The fourth-order valence-electron chi connectivity index (χ4n) is 3.08. The molecule has 1 N–H and O–H groups in total. The highest BCUT2D eigenvalue weighted by Crippen LogP contribution is 2.04. The van der Waals surface area contributed by atoms with Crippen LogP contribution in [0.3, 0.4) is 0 Å².